The molecule has 2 aliphatic rings. The lowest BCUT2D eigenvalue weighted by Gasteiger charge is -2.48. The molecule has 19 heavy (non-hydrogen) atoms. The second-order valence-electron chi connectivity index (χ2n) is 6.80. The first-order valence-corrected chi connectivity index (χ1v) is 6.51. The van der Waals surface area contributed by atoms with Crippen molar-refractivity contribution in [2.45, 2.75) is 45.7 Å². The number of carbonyl (C=O) groups is 3. The number of β-lactam (4-membered cyclic amide) rings is 1. The van der Waals surface area contributed by atoms with E-state index < -0.39 is 11.6 Å². The number of nitrogens with one attached hydrogen (secondary N) is 1. The van der Waals surface area contributed by atoms with Gasteiger partial charge >= 0.3 is 0 Å². The zero-order valence-corrected chi connectivity index (χ0v) is 11.8. The van der Waals surface area contributed by atoms with E-state index in [2.05, 4.69) is 5.32 Å². The standard InChI is InChI=1S/C13H21N3O3/c1-7-9(14)10(18)15-13(7)6-16(11(13)19)8(17)5-12(2,3)4/h7,9H,5-6,14H2,1-4H3,(H,15,18)/t7-,9+,13?/m1/s1. The van der Waals surface area contributed by atoms with Crippen LogP contribution in [0.5, 0.6) is 0 Å². The second kappa shape index (κ2) is 4.03. The van der Waals surface area contributed by atoms with Crippen LogP contribution in [-0.2, 0) is 14.4 Å². The zero-order chi connectivity index (χ0) is 14.6. The average Bonchev–Trinajstić information content (AvgIpc) is 2.49. The van der Waals surface area contributed by atoms with Gasteiger partial charge in [0, 0.05) is 12.3 Å². The molecule has 0 aromatic rings. The highest BCUT2D eigenvalue weighted by Gasteiger charge is 2.64. The minimum absolute atomic E-state index is 0.166. The van der Waals surface area contributed by atoms with Crippen molar-refractivity contribution >= 4 is 17.7 Å². The Morgan fingerprint density at radius 1 is 1.47 bits per heavy atom. The van der Waals surface area contributed by atoms with Crippen LogP contribution in [0, 0.1) is 11.3 Å². The fourth-order valence-corrected chi connectivity index (χ4v) is 2.67. The Morgan fingerprint density at radius 3 is 2.42 bits per heavy atom. The van der Waals surface area contributed by atoms with Crippen molar-refractivity contribution in [3.8, 4) is 0 Å². The monoisotopic (exact) mass is 267 g/mol. The van der Waals surface area contributed by atoms with Gasteiger partial charge in [-0.2, -0.15) is 0 Å². The average molecular weight is 267 g/mol. The molecule has 3 N–H and O–H groups in total. The predicted molar refractivity (Wildman–Crippen MR) is 68.8 cm³/mol. The molecule has 0 aliphatic carbocycles. The molecule has 0 aromatic carbocycles. The van der Waals surface area contributed by atoms with Crippen molar-refractivity contribution in [3.63, 3.8) is 0 Å². The van der Waals surface area contributed by atoms with E-state index >= 15 is 0 Å². The summed E-state index contributed by atoms with van der Waals surface area (Å²) in [4.78, 5) is 37.0. The highest BCUT2D eigenvalue weighted by molar-refractivity contribution is 6.09. The van der Waals surface area contributed by atoms with Crippen LogP contribution in [0.4, 0.5) is 0 Å². The van der Waals surface area contributed by atoms with Gasteiger partial charge in [-0.1, -0.05) is 27.7 Å². The number of likely N-dealkylation sites (tertiary alicyclic amines) is 1. The topological polar surface area (TPSA) is 92.5 Å². The first-order chi connectivity index (χ1) is 8.58. The second-order valence-corrected chi connectivity index (χ2v) is 6.80. The molecule has 1 spiro atoms. The molecule has 106 valence electrons. The maximum atomic E-state index is 12.2. The normalized spacial score (nSPS) is 34.5. The third-order valence-corrected chi connectivity index (χ3v) is 3.98. The third-order valence-electron chi connectivity index (χ3n) is 3.98. The van der Waals surface area contributed by atoms with Crippen molar-refractivity contribution in [2.75, 3.05) is 6.54 Å². The molecule has 1 unspecified atom stereocenters. The Bertz CT molecular complexity index is 455. The summed E-state index contributed by atoms with van der Waals surface area (Å²) in [6, 6.07) is -0.677. The highest BCUT2D eigenvalue weighted by Crippen LogP contribution is 2.37. The van der Waals surface area contributed by atoms with Crippen LogP contribution >= 0.6 is 0 Å². The van der Waals surface area contributed by atoms with Crippen molar-refractivity contribution in [1.29, 1.82) is 0 Å². The SMILES string of the molecule is C[C@@H]1[C@H](N)C(=O)NC12CN(C(=O)CC(C)(C)C)C2=O. The van der Waals surface area contributed by atoms with Crippen LogP contribution in [0.1, 0.15) is 34.1 Å². The highest BCUT2D eigenvalue weighted by atomic mass is 16.2. The minimum Gasteiger partial charge on any atom is -0.339 e. The van der Waals surface area contributed by atoms with Gasteiger partial charge in [0.2, 0.25) is 11.8 Å². The summed E-state index contributed by atoms with van der Waals surface area (Å²) < 4.78 is 0. The van der Waals surface area contributed by atoms with E-state index in [0.29, 0.717) is 6.42 Å². The number of nitrogens with two attached hydrogens (primary N) is 1. The van der Waals surface area contributed by atoms with E-state index in [1.54, 1.807) is 6.92 Å². The van der Waals surface area contributed by atoms with Crippen LogP contribution in [0.25, 0.3) is 0 Å². The predicted octanol–water partition coefficient (Wildman–Crippen LogP) is -0.377. The number of carbonyl (C=O) groups excluding carboxylic acids is 3. The molecule has 0 aromatic heterocycles. The van der Waals surface area contributed by atoms with Crippen molar-refractivity contribution in [3.05, 3.63) is 0 Å². The Balaban J connectivity index is 2.08. The molecule has 0 saturated carbocycles. The Kier molecular flexibility index (Phi) is 2.97. The summed E-state index contributed by atoms with van der Waals surface area (Å²) in [7, 11) is 0. The molecule has 0 bridgehead atoms. The molecule has 2 rings (SSSR count). The van der Waals surface area contributed by atoms with Crippen LogP contribution in [0.15, 0.2) is 0 Å². The lowest BCUT2D eigenvalue weighted by molar-refractivity contribution is -0.165. The van der Waals surface area contributed by atoms with Gasteiger partial charge < -0.3 is 11.1 Å². The summed E-state index contributed by atoms with van der Waals surface area (Å²) in [6.07, 6.45) is 0.309. The van der Waals surface area contributed by atoms with E-state index in [0.717, 1.165) is 0 Å². The van der Waals surface area contributed by atoms with Crippen LogP contribution in [0.3, 0.4) is 0 Å². The smallest absolute Gasteiger partial charge is 0.257 e. The Labute approximate surface area is 112 Å². The van der Waals surface area contributed by atoms with Gasteiger partial charge in [0.15, 0.2) is 0 Å². The van der Waals surface area contributed by atoms with E-state index in [1.165, 1.54) is 4.90 Å². The zero-order valence-electron chi connectivity index (χ0n) is 11.8. The van der Waals surface area contributed by atoms with Gasteiger partial charge in [-0.05, 0) is 5.41 Å². The molecule has 2 aliphatic heterocycles. The van der Waals surface area contributed by atoms with Crippen molar-refractivity contribution in [1.82, 2.24) is 10.2 Å². The van der Waals surface area contributed by atoms with Crippen LogP contribution < -0.4 is 11.1 Å². The number of hydrogen-bond donors (Lipinski definition) is 2. The molecular formula is C13H21N3O3. The number of amides is 3. The molecular weight excluding hydrogens is 246 g/mol. The van der Waals surface area contributed by atoms with E-state index in [1.807, 2.05) is 20.8 Å². The molecule has 0 radical (unpaired) electrons. The fraction of sp³-hybridized carbons (Fsp3) is 0.769. The summed E-state index contributed by atoms with van der Waals surface area (Å²) in [5.41, 5.74) is 4.60. The molecule has 2 fully saturated rings. The number of imide groups is 1. The van der Waals surface area contributed by atoms with Crippen LogP contribution in [-0.4, -0.2) is 40.7 Å². The third kappa shape index (κ3) is 2.04. The molecule has 3 amide bonds. The van der Waals surface area contributed by atoms with E-state index in [9.17, 15) is 14.4 Å². The van der Waals surface area contributed by atoms with Crippen molar-refractivity contribution < 1.29 is 14.4 Å². The molecule has 6 nitrogen and oxygen atoms in total. The quantitative estimate of drug-likeness (QED) is 0.634. The van der Waals surface area contributed by atoms with E-state index in [-0.39, 0.29) is 35.6 Å². The Hall–Kier alpha value is -1.43. The van der Waals surface area contributed by atoms with Gasteiger partial charge in [-0.15, -0.1) is 0 Å². The number of hydrogen-bond acceptors (Lipinski definition) is 4. The number of rotatable bonds is 1. The summed E-state index contributed by atoms with van der Waals surface area (Å²) in [6.45, 7) is 7.84. The summed E-state index contributed by atoms with van der Waals surface area (Å²) in [5, 5.41) is 2.66. The molecule has 3 atom stereocenters. The number of nitrogens with zero attached hydrogens (tertiary/aromatic N) is 1. The maximum absolute atomic E-state index is 12.2. The lowest BCUT2D eigenvalue weighted by Crippen LogP contribution is -2.75. The molecule has 6 heteroatoms. The Morgan fingerprint density at radius 2 is 2.05 bits per heavy atom. The summed E-state index contributed by atoms with van der Waals surface area (Å²) in [5.74, 6) is -1.12. The van der Waals surface area contributed by atoms with Gasteiger partial charge in [0.05, 0.1) is 12.6 Å². The first-order valence-electron chi connectivity index (χ1n) is 6.51. The van der Waals surface area contributed by atoms with Crippen LogP contribution in [0.2, 0.25) is 0 Å². The minimum atomic E-state index is -0.954. The first kappa shape index (κ1) is 14.0. The van der Waals surface area contributed by atoms with E-state index in [4.69, 9.17) is 5.73 Å². The largest absolute Gasteiger partial charge is 0.339 e. The van der Waals surface area contributed by atoms with Gasteiger partial charge in [0.25, 0.3) is 5.91 Å². The van der Waals surface area contributed by atoms with Gasteiger partial charge in [-0.3, -0.25) is 19.3 Å². The molecule has 2 heterocycles. The lowest BCUT2D eigenvalue weighted by atomic mass is 9.77. The van der Waals surface area contributed by atoms with Gasteiger partial charge in [-0.25, -0.2) is 0 Å². The fourth-order valence-electron chi connectivity index (χ4n) is 2.67. The van der Waals surface area contributed by atoms with Gasteiger partial charge in [0.1, 0.15) is 5.54 Å². The molecule has 2 saturated heterocycles. The maximum Gasteiger partial charge on any atom is 0.257 e. The van der Waals surface area contributed by atoms with Crippen molar-refractivity contribution in [2.24, 2.45) is 17.1 Å². The summed E-state index contributed by atoms with van der Waals surface area (Å²) >= 11 is 0.